The third-order valence-electron chi connectivity index (χ3n) is 7.38. The number of aliphatic hydroxyl groups excluding tert-OH is 3. The van der Waals surface area contributed by atoms with Gasteiger partial charge in [-0.05, 0) is 45.1 Å². The fourth-order valence-corrected chi connectivity index (χ4v) is 5.15. The van der Waals surface area contributed by atoms with Gasteiger partial charge in [0.05, 0.1) is 52.5 Å². The second-order valence-corrected chi connectivity index (χ2v) is 12.0. The normalized spacial score (nSPS) is 36.3. The van der Waals surface area contributed by atoms with Gasteiger partial charge in [-0.2, -0.15) is 0 Å². The van der Waals surface area contributed by atoms with Gasteiger partial charge in [0, 0.05) is 11.3 Å². The smallest absolute Gasteiger partial charge is 0.223 e. The van der Waals surface area contributed by atoms with E-state index in [1.54, 1.807) is 39.8 Å². The lowest BCUT2D eigenvalue weighted by atomic mass is 9.72. The Morgan fingerprint density at radius 3 is 2.40 bits per heavy atom. The highest BCUT2D eigenvalue weighted by Gasteiger charge is 2.42. The highest BCUT2D eigenvalue weighted by molar-refractivity contribution is 7.09. The molecular weight excluding hydrogens is 468 g/mol. The van der Waals surface area contributed by atoms with Gasteiger partial charge in [0.2, 0.25) is 5.91 Å². The van der Waals surface area contributed by atoms with Crippen LogP contribution in [0.4, 0.5) is 0 Å². The van der Waals surface area contributed by atoms with Crippen molar-refractivity contribution in [2.75, 3.05) is 0 Å². The Kier molecular flexibility index (Phi) is 10.2. The van der Waals surface area contributed by atoms with Crippen molar-refractivity contribution >= 4 is 29.1 Å². The van der Waals surface area contributed by atoms with Crippen LogP contribution in [0.15, 0.2) is 11.5 Å². The van der Waals surface area contributed by atoms with Gasteiger partial charge >= 0.3 is 0 Å². The van der Waals surface area contributed by atoms with Gasteiger partial charge in [0.1, 0.15) is 5.78 Å². The highest BCUT2D eigenvalue weighted by atomic mass is 32.1. The predicted molar refractivity (Wildman–Crippen MR) is 137 cm³/mol. The van der Waals surface area contributed by atoms with Gasteiger partial charge < -0.3 is 25.7 Å². The van der Waals surface area contributed by atoms with Crippen molar-refractivity contribution in [1.29, 1.82) is 0 Å². The molecule has 7 atom stereocenters. The Balaban J connectivity index is 2.33. The van der Waals surface area contributed by atoms with E-state index < -0.39 is 47.2 Å². The van der Waals surface area contributed by atoms with Crippen molar-refractivity contribution in [3.05, 3.63) is 22.2 Å². The molecule has 1 aromatic rings. The number of nitrogens with one attached hydrogen (secondary N) is 1. The molecule has 9 heteroatoms. The molecule has 0 bridgehead atoms. The number of amides is 1. The number of aromatic nitrogens is 1. The second-order valence-electron chi connectivity index (χ2n) is 10.9. The van der Waals surface area contributed by atoms with Crippen molar-refractivity contribution in [3.63, 3.8) is 0 Å². The average Bonchev–Trinajstić information content (AvgIpc) is 3.19. The van der Waals surface area contributed by atoms with E-state index in [0.29, 0.717) is 19.3 Å². The van der Waals surface area contributed by atoms with Crippen LogP contribution in [0.1, 0.15) is 77.4 Å². The first-order valence-corrected chi connectivity index (χ1v) is 13.2. The van der Waals surface area contributed by atoms with E-state index in [1.807, 2.05) is 19.2 Å². The monoisotopic (exact) mass is 510 g/mol. The Hall–Kier alpha value is -1.65. The first-order chi connectivity index (χ1) is 16.1. The summed E-state index contributed by atoms with van der Waals surface area (Å²) in [5.41, 5.74) is -1.91. The Bertz CT molecular complexity index is 896. The van der Waals surface area contributed by atoms with E-state index in [4.69, 9.17) is 0 Å². The number of rotatable bonds is 2. The lowest BCUT2D eigenvalue weighted by Crippen LogP contribution is -2.48. The minimum atomic E-state index is -1.40. The average molecular weight is 511 g/mol. The Morgan fingerprint density at radius 1 is 1.14 bits per heavy atom. The molecule has 0 spiro atoms. The van der Waals surface area contributed by atoms with Crippen molar-refractivity contribution in [3.8, 4) is 0 Å². The first kappa shape index (κ1) is 29.6. The number of aryl methyl sites for hydroxylation is 1. The summed E-state index contributed by atoms with van der Waals surface area (Å²) in [4.78, 5) is 30.4. The predicted octanol–water partition coefficient (Wildman–Crippen LogP) is 2.61. The first-order valence-electron chi connectivity index (χ1n) is 12.4. The zero-order valence-corrected chi connectivity index (χ0v) is 22.5. The third kappa shape index (κ3) is 7.92. The standard InChI is InChI=1S/C26H42N2O6S/c1-15-8-7-11-26(6,34)21(30)12-18(9-10-19-14-35-17(3)27-19)28-22(31)13-20(29)25(4,5)24(33)16(2)23(15)32/h9-10,14-16,18,20-21,23,29-30,32,34H,7-8,11-13H2,1-6H3,(H,28,31)/t15-,16+,18+,20-,21+,23-,26+/m0/s1. The second kappa shape index (κ2) is 12.1. The quantitative estimate of drug-likeness (QED) is 0.412. The van der Waals surface area contributed by atoms with E-state index in [-0.39, 0.29) is 24.5 Å². The maximum atomic E-state index is 13.2. The number of nitrogens with zero attached hydrogens (tertiary/aromatic N) is 1. The molecule has 0 unspecified atom stereocenters. The molecule has 1 amide bonds. The molecule has 8 nitrogen and oxygen atoms in total. The lowest BCUT2D eigenvalue weighted by molar-refractivity contribution is -0.143. The number of carbonyl (C=O) groups excluding carboxylic acids is 2. The van der Waals surface area contributed by atoms with Crippen molar-refractivity contribution < 1.29 is 30.0 Å². The van der Waals surface area contributed by atoms with Crippen LogP contribution >= 0.6 is 11.3 Å². The number of hydrogen-bond donors (Lipinski definition) is 5. The highest BCUT2D eigenvalue weighted by Crippen LogP contribution is 2.32. The molecule has 1 aliphatic rings. The molecule has 35 heavy (non-hydrogen) atoms. The van der Waals surface area contributed by atoms with Gasteiger partial charge in [-0.1, -0.05) is 40.2 Å². The molecule has 0 aliphatic carbocycles. The summed E-state index contributed by atoms with van der Waals surface area (Å²) in [6.07, 6.45) is 1.32. The van der Waals surface area contributed by atoms with Crippen molar-refractivity contribution in [2.24, 2.45) is 17.3 Å². The molecule has 5 N–H and O–H groups in total. The fraction of sp³-hybridized carbons (Fsp3) is 0.731. The van der Waals surface area contributed by atoms with E-state index in [1.165, 1.54) is 11.3 Å². The minimum Gasteiger partial charge on any atom is -0.392 e. The van der Waals surface area contributed by atoms with Crippen LogP contribution in [-0.2, 0) is 9.59 Å². The molecular formula is C26H42N2O6S. The van der Waals surface area contributed by atoms with Crippen molar-refractivity contribution in [2.45, 2.75) is 104 Å². The van der Waals surface area contributed by atoms with Crippen LogP contribution in [0.25, 0.3) is 6.08 Å². The van der Waals surface area contributed by atoms with E-state index >= 15 is 0 Å². The Morgan fingerprint density at radius 2 is 1.80 bits per heavy atom. The summed E-state index contributed by atoms with van der Waals surface area (Å²) >= 11 is 1.50. The van der Waals surface area contributed by atoms with Crippen LogP contribution in [-0.4, -0.2) is 67.1 Å². The summed E-state index contributed by atoms with van der Waals surface area (Å²) < 4.78 is 0. The SMILES string of the molecule is Cc1nc(C=C[C@@H]2C[C@@H](O)[C@](C)(O)CCC[C@H](C)[C@H](O)[C@@H](C)C(=O)C(C)(C)[C@@H](O)CC(=O)N2)cs1. The molecule has 0 aromatic carbocycles. The molecule has 1 aromatic heterocycles. The lowest BCUT2D eigenvalue weighted by Gasteiger charge is -2.36. The molecule has 1 fully saturated rings. The molecule has 0 radical (unpaired) electrons. The van der Waals surface area contributed by atoms with Crippen LogP contribution in [0.2, 0.25) is 0 Å². The zero-order valence-electron chi connectivity index (χ0n) is 21.7. The topological polar surface area (TPSA) is 140 Å². The zero-order chi connectivity index (χ0) is 26.6. The molecule has 1 aliphatic heterocycles. The largest absolute Gasteiger partial charge is 0.392 e. The molecule has 2 heterocycles. The summed E-state index contributed by atoms with van der Waals surface area (Å²) in [6.45, 7) is 10.1. The third-order valence-corrected chi connectivity index (χ3v) is 8.17. The minimum absolute atomic E-state index is 0.0615. The summed E-state index contributed by atoms with van der Waals surface area (Å²) in [6, 6.07) is -0.621. The van der Waals surface area contributed by atoms with E-state index in [9.17, 15) is 30.0 Å². The van der Waals surface area contributed by atoms with Gasteiger partial charge in [0.25, 0.3) is 0 Å². The van der Waals surface area contributed by atoms with Gasteiger partial charge in [0.15, 0.2) is 0 Å². The number of ketones is 1. The van der Waals surface area contributed by atoms with Crippen LogP contribution in [0.3, 0.4) is 0 Å². The van der Waals surface area contributed by atoms with Gasteiger partial charge in [-0.15, -0.1) is 11.3 Å². The molecule has 198 valence electrons. The Labute approximate surface area is 212 Å². The summed E-state index contributed by atoms with van der Waals surface area (Å²) in [7, 11) is 0. The van der Waals surface area contributed by atoms with Crippen LogP contribution in [0.5, 0.6) is 0 Å². The van der Waals surface area contributed by atoms with Crippen molar-refractivity contribution in [1.82, 2.24) is 10.3 Å². The maximum Gasteiger partial charge on any atom is 0.223 e. The van der Waals surface area contributed by atoms with Gasteiger partial charge in [-0.25, -0.2) is 4.98 Å². The number of aliphatic hydroxyl groups is 4. The van der Waals surface area contributed by atoms with Crippen LogP contribution < -0.4 is 5.32 Å². The summed E-state index contributed by atoms with van der Waals surface area (Å²) in [5.74, 6) is -1.73. The van der Waals surface area contributed by atoms with E-state index in [0.717, 1.165) is 10.7 Å². The number of thiazole rings is 1. The number of hydrogen-bond acceptors (Lipinski definition) is 8. The fourth-order valence-electron chi connectivity index (χ4n) is 4.57. The van der Waals surface area contributed by atoms with E-state index in [2.05, 4.69) is 10.3 Å². The number of Topliss-reactive ketones (excluding diaryl/α,β-unsaturated/α-hetero) is 1. The maximum absolute atomic E-state index is 13.2. The van der Waals surface area contributed by atoms with Crippen LogP contribution in [0, 0.1) is 24.2 Å². The summed E-state index contributed by atoms with van der Waals surface area (Å²) in [5, 5.41) is 48.9. The van der Waals surface area contributed by atoms with Gasteiger partial charge in [-0.3, -0.25) is 9.59 Å². The molecule has 1 saturated heterocycles. The number of carbonyl (C=O) groups is 2. The molecule has 0 saturated carbocycles. The molecule has 2 rings (SSSR count).